The molecule has 0 saturated carbocycles. The molecule has 5 nitrogen and oxygen atoms in total. The van der Waals surface area contributed by atoms with Crippen LogP contribution in [0.1, 0.15) is 69.2 Å². The summed E-state index contributed by atoms with van der Waals surface area (Å²) in [6, 6.07) is 15.3. The minimum atomic E-state index is -0.694. The largest absolute Gasteiger partial charge is 0.468 e. The number of nitrogens with one attached hydrogen (secondary N) is 1. The van der Waals surface area contributed by atoms with E-state index in [9.17, 15) is 9.59 Å². The van der Waals surface area contributed by atoms with E-state index < -0.39 is 17.7 Å². The van der Waals surface area contributed by atoms with Crippen molar-refractivity contribution in [3.8, 4) is 5.75 Å². The number of halogens is 1. The van der Waals surface area contributed by atoms with Gasteiger partial charge in [-0.1, -0.05) is 91.1 Å². The molecule has 2 atom stereocenters. The molecule has 1 saturated heterocycles. The molecule has 0 bridgehead atoms. The third kappa shape index (κ3) is 4.56. The number of imide groups is 1. The van der Waals surface area contributed by atoms with Crippen LogP contribution in [0, 0.1) is 12.3 Å². The van der Waals surface area contributed by atoms with Crippen molar-refractivity contribution in [1.29, 1.82) is 0 Å². The number of β-lactam (4-membered cyclic amide) rings is 1. The maximum Gasteiger partial charge on any atom is 0.327 e. The van der Waals surface area contributed by atoms with E-state index in [1.165, 1.54) is 10.5 Å². The zero-order valence-electron chi connectivity index (χ0n) is 19.4. The smallest absolute Gasteiger partial charge is 0.327 e. The van der Waals surface area contributed by atoms with E-state index in [1.54, 1.807) is 0 Å². The molecule has 1 heterocycles. The highest BCUT2D eigenvalue weighted by Gasteiger charge is 2.63. The predicted molar refractivity (Wildman–Crippen MR) is 131 cm³/mol. The van der Waals surface area contributed by atoms with E-state index in [1.807, 2.05) is 69.3 Å². The molecule has 32 heavy (non-hydrogen) atoms. The van der Waals surface area contributed by atoms with E-state index in [0.29, 0.717) is 23.9 Å². The zero-order chi connectivity index (χ0) is 23.3. The number of benzene rings is 2. The number of ether oxygens (including phenoxy) is 1. The number of likely N-dealkylation sites (tertiary alicyclic amines) is 1. The average molecular weight is 501 g/mol. The fraction of sp³-hybridized carbons (Fsp3) is 0.462. The van der Waals surface area contributed by atoms with Crippen molar-refractivity contribution in [2.24, 2.45) is 5.41 Å². The minimum Gasteiger partial charge on any atom is -0.468 e. The van der Waals surface area contributed by atoms with Crippen LogP contribution in [0.4, 0.5) is 4.79 Å². The van der Waals surface area contributed by atoms with Crippen LogP contribution >= 0.6 is 15.9 Å². The van der Waals surface area contributed by atoms with Gasteiger partial charge in [0.15, 0.2) is 6.23 Å². The van der Waals surface area contributed by atoms with Crippen LogP contribution in [0.3, 0.4) is 0 Å². The number of hydrogen-bond donors (Lipinski definition) is 1. The van der Waals surface area contributed by atoms with Crippen LogP contribution in [0.2, 0.25) is 0 Å². The van der Waals surface area contributed by atoms with Crippen molar-refractivity contribution in [3.05, 3.63) is 65.2 Å². The number of hydrogen-bond acceptors (Lipinski definition) is 3. The molecule has 2 aromatic rings. The van der Waals surface area contributed by atoms with Crippen LogP contribution < -0.4 is 10.1 Å². The summed E-state index contributed by atoms with van der Waals surface area (Å²) in [6.07, 6.45) is 2.30. The molecule has 0 aliphatic carbocycles. The van der Waals surface area contributed by atoms with Crippen molar-refractivity contribution in [2.45, 2.75) is 71.0 Å². The molecule has 1 fully saturated rings. The third-order valence-corrected chi connectivity index (χ3v) is 7.15. The van der Waals surface area contributed by atoms with Gasteiger partial charge in [-0.3, -0.25) is 4.79 Å². The lowest BCUT2D eigenvalue weighted by Crippen LogP contribution is -2.73. The Balaban J connectivity index is 1.86. The van der Waals surface area contributed by atoms with Crippen molar-refractivity contribution in [2.75, 3.05) is 0 Å². The fourth-order valence-electron chi connectivity index (χ4n) is 4.38. The van der Waals surface area contributed by atoms with E-state index in [0.717, 1.165) is 24.0 Å². The summed E-state index contributed by atoms with van der Waals surface area (Å²) >= 11 is 3.50. The van der Waals surface area contributed by atoms with Gasteiger partial charge in [-0.25, -0.2) is 9.69 Å². The quantitative estimate of drug-likeness (QED) is 0.316. The number of amides is 3. The molecular formula is C26H33BrN2O3. The summed E-state index contributed by atoms with van der Waals surface area (Å²) in [5.74, 6) is 0.523. The minimum absolute atomic E-state index is 0.158. The van der Waals surface area contributed by atoms with E-state index in [4.69, 9.17) is 4.74 Å². The topological polar surface area (TPSA) is 58.6 Å². The molecule has 0 radical (unpaired) electrons. The molecular weight excluding hydrogens is 468 g/mol. The Hall–Kier alpha value is -2.34. The lowest BCUT2D eigenvalue weighted by Gasteiger charge is -2.53. The predicted octanol–water partition coefficient (Wildman–Crippen LogP) is 6.49. The van der Waals surface area contributed by atoms with Gasteiger partial charge in [0, 0.05) is 10.9 Å². The first kappa shape index (κ1) is 24.3. The number of carbonyl (C=O) groups excluding carboxylic acids is 2. The van der Waals surface area contributed by atoms with Gasteiger partial charge in [-0.15, -0.1) is 0 Å². The standard InChI is InChI=1S/C26H33BrN2O3/c1-5-10-21(19-15-13-18(4)14-16-19)28-25(31)29-23(30)26(6-2,7-3)24(29)32-22-12-9-8-11-20(22)17-27/h8-9,11-16,21,24H,5-7,10,17H2,1-4H3,(H,28,31)/t21-,24+/m1/s1. The Bertz CT molecular complexity index is 940. The van der Waals surface area contributed by atoms with Gasteiger partial charge in [0.05, 0.1) is 6.04 Å². The highest BCUT2D eigenvalue weighted by Crippen LogP contribution is 2.46. The summed E-state index contributed by atoms with van der Waals surface area (Å²) in [6.45, 7) is 8.09. The molecule has 172 valence electrons. The summed E-state index contributed by atoms with van der Waals surface area (Å²) in [5, 5.41) is 3.73. The Kier molecular flexibility index (Phi) is 7.99. The van der Waals surface area contributed by atoms with E-state index >= 15 is 0 Å². The van der Waals surface area contributed by atoms with Crippen LogP contribution in [-0.2, 0) is 10.1 Å². The first-order valence-corrected chi connectivity index (χ1v) is 12.5. The molecule has 6 heteroatoms. The number of alkyl halides is 1. The van der Waals surface area contributed by atoms with Crippen molar-refractivity contribution >= 4 is 27.9 Å². The summed E-state index contributed by atoms with van der Waals surface area (Å²) in [7, 11) is 0. The molecule has 2 aromatic carbocycles. The van der Waals surface area contributed by atoms with Crippen molar-refractivity contribution in [1.82, 2.24) is 10.2 Å². The summed E-state index contributed by atoms with van der Waals surface area (Å²) < 4.78 is 6.35. The van der Waals surface area contributed by atoms with Gasteiger partial charge in [0.2, 0.25) is 5.91 Å². The molecule has 1 aliphatic rings. The van der Waals surface area contributed by atoms with Crippen LogP contribution in [0.5, 0.6) is 5.75 Å². The van der Waals surface area contributed by atoms with Crippen LogP contribution in [-0.4, -0.2) is 23.1 Å². The van der Waals surface area contributed by atoms with Crippen LogP contribution in [0.25, 0.3) is 0 Å². The second-order valence-electron chi connectivity index (χ2n) is 8.45. The Morgan fingerprint density at radius 1 is 1.12 bits per heavy atom. The van der Waals surface area contributed by atoms with Gasteiger partial charge >= 0.3 is 6.03 Å². The number of nitrogens with zero attached hydrogens (tertiary/aromatic N) is 1. The molecule has 0 unspecified atom stereocenters. The van der Waals surface area contributed by atoms with E-state index in [-0.39, 0.29) is 11.9 Å². The van der Waals surface area contributed by atoms with Gasteiger partial charge < -0.3 is 10.1 Å². The number of urea groups is 1. The average Bonchev–Trinajstić information content (AvgIpc) is 2.80. The molecule has 0 aromatic heterocycles. The highest BCUT2D eigenvalue weighted by molar-refractivity contribution is 9.08. The molecule has 0 spiro atoms. The summed E-state index contributed by atoms with van der Waals surface area (Å²) in [4.78, 5) is 27.9. The maximum absolute atomic E-state index is 13.3. The Morgan fingerprint density at radius 3 is 2.38 bits per heavy atom. The lowest BCUT2D eigenvalue weighted by molar-refractivity contribution is -0.191. The number of para-hydroxylation sites is 1. The third-order valence-electron chi connectivity index (χ3n) is 6.54. The van der Waals surface area contributed by atoms with Gasteiger partial charge in [-0.05, 0) is 37.8 Å². The lowest BCUT2D eigenvalue weighted by atomic mass is 9.72. The van der Waals surface area contributed by atoms with E-state index in [2.05, 4.69) is 28.2 Å². The monoisotopic (exact) mass is 500 g/mol. The Morgan fingerprint density at radius 2 is 1.78 bits per heavy atom. The van der Waals surface area contributed by atoms with Crippen molar-refractivity contribution in [3.63, 3.8) is 0 Å². The molecule has 1 aliphatic heterocycles. The number of carbonyl (C=O) groups is 2. The first-order valence-electron chi connectivity index (χ1n) is 11.4. The normalized spacial score (nSPS) is 18.1. The zero-order valence-corrected chi connectivity index (χ0v) is 20.9. The first-order chi connectivity index (χ1) is 15.4. The number of aryl methyl sites for hydroxylation is 1. The van der Waals surface area contributed by atoms with Gasteiger partial charge in [0.1, 0.15) is 11.2 Å². The molecule has 3 rings (SSSR count). The molecule has 1 N–H and O–H groups in total. The van der Waals surface area contributed by atoms with Gasteiger partial charge in [0.25, 0.3) is 0 Å². The maximum atomic E-state index is 13.3. The highest BCUT2D eigenvalue weighted by atomic mass is 79.9. The second kappa shape index (κ2) is 10.5. The second-order valence-corrected chi connectivity index (χ2v) is 9.01. The SMILES string of the molecule is CCC[C@@H](NC(=O)N1C(=O)C(CC)(CC)[C@@H]1Oc1ccccc1CBr)c1ccc(C)cc1. The summed E-state index contributed by atoms with van der Waals surface area (Å²) in [5.41, 5.74) is 2.50. The van der Waals surface area contributed by atoms with Crippen molar-refractivity contribution < 1.29 is 14.3 Å². The number of rotatable bonds is 9. The van der Waals surface area contributed by atoms with Crippen LogP contribution in [0.15, 0.2) is 48.5 Å². The Labute approximate surface area is 199 Å². The van der Waals surface area contributed by atoms with Gasteiger partial charge in [-0.2, -0.15) is 0 Å². The molecule has 3 amide bonds. The fourth-order valence-corrected chi connectivity index (χ4v) is 4.84.